The van der Waals surface area contributed by atoms with Gasteiger partial charge >= 0.3 is 6.03 Å². The van der Waals surface area contributed by atoms with E-state index in [-0.39, 0.29) is 11.8 Å². The number of urea groups is 1. The van der Waals surface area contributed by atoms with Crippen LogP contribution >= 0.6 is 0 Å². The van der Waals surface area contributed by atoms with Gasteiger partial charge in [0, 0.05) is 38.9 Å². The van der Waals surface area contributed by atoms with Gasteiger partial charge in [-0.25, -0.2) is 14.2 Å². The average Bonchev–Trinajstić information content (AvgIpc) is 2.64. The molecule has 0 spiro atoms. The van der Waals surface area contributed by atoms with Crippen LogP contribution in [0.2, 0.25) is 0 Å². The number of anilines is 1. The van der Waals surface area contributed by atoms with Crippen LogP contribution in [-0.4, -0.2) is 48.6 Å². The SMILES string of the molecule is O=C(NCCc1ccccc1F)N1CCN(c2ccccn2)CC1. The van der Waals surface area contributed by atoms with Crippen molar-refractivity contribution in [3.05, 3.63) is 60.0 Å². The molecule has 0 unspecified atom stereocenters. The predicted octanol–water partition coefficient (Wildman–Crippen LogP) is 2.30. The van der Waals surface area contributed by atoms with Gasteiger partial charge in [0.15, 0.2) is 0 Å². The fraction of sp³-hybridized carbons (Fsp3) is 0.333. The second-order valence-electron chi connectivity index (χ2n) is 5.74. The molecule has 0 bridgehead atoms. The van der Waals surface area contributed by atoms with Crippen LogP contribution in [0.15, 0.2) is 48.7 Å². The molecule has 0 atom stereocenters. The lowest BCUT2D eigenvalue weighted by Gasteiger charge is -2.35. The molecule has 3 rings (SSSR count). The first-order valence-electron chi connectivity index (χ1n) is 8.16. The number of hydrogen-bond donors (Lipinski definition) is 1. The van der Waals surface area contributed by atoms with E-state index in [2.05, 4.69) is 15.2 Å². The summed E-state index contributed by atoms with van der Waals surface area (Å²) in [6.07, 6.45) is 2.27. The van der Waals surface area contributed by atoms with Crippen LogP contribution in [-0.2, 0) is 6.42 Å². The van der Waals surface area contributed by atoms with Gasteiger partial charge in [-0.3, -0.25) is 0 Å². The van der Waals surface area contributed by atoms with Crippen molar-refractivity contribution < 1.29 is 9.18 Å². The van der Waals surface area contributed by atoms with Crippen LogP contribution in [0.3, 0.4) is 0 Å². The minimum absolute atomic E-state index is 0.0907. The summed E-state index contributed by atoms with van der Waals surface area (Å²) in [5, 5.41) is 2.87. The number of hydrogen-bond acceptors (Lipinski definition) is 3. The van der Waals surface area contributed by atoms with Crippen LogP contribution in [0.4, 0.5) is 15.0 Å². The Hall–Kier alpha value is -2.63. The molecular formula is C18H21FN4O. The number of nitrogens with zero attached hydrogens (tertiary/aromatic N) is 3. The van der Waals surface area contributed by atoms with Gasteiger partial charge in [-0.2, -0.15) is 0 Å². The molecule has 0 radical (unpaired) electrons. The maximum absolute atomic E-state index is 13.5. The summed E-state index contributed by atoms with van der Waals surface area (Å²) in [6, 6.07) is 12.4. The molecule has 24 heavy (non-hydrogen) atoms. The largest absolute Gasteiger partial charge is 0.353 e. The van der Waals surface area contributed by atoms with Gasteiger partial charge < -0.3 is 15.1 Å². The number of halogens is 1. The first kappa shape index (κ1) is 16.2. The monoisotopic (exact) mass is 328 g/mol. The quantitative estimate of drug-likeness (QED) is 0.937. The number of carbonyl (C=O) groups is 1. The fourth-order valence-electron chi connectivity index (χ4n) is 2.80. The molecule has 1 aromatic heterocycles. The molecule has 1 fully saturated rings. The molecule has 1 N–H and O–H groups in total. The summed E-state index contributed by atoms with van der Waals surface area (Å²) in [5.41, 5.74) is 0.623. The van der Waals surface area contributed by atoms with E-state index in [0.29, 0.717) is 31.6 Å². The fourth-order valence-corrected chi connectivity index (χ4v) is 2.80. The van der Waals surface area contributed by atoms with E-state index in [1.807, 2.05) is 18.2 Å². The summed E-state index contributed by atoms with van der Waals surface area (Å²) in [6.45, 7) is 3.26. The molecule has 1 saturated heterocycles. The number of nitrogens with one attached hydrogen (secondary N) is 1. The lowest BCUT2D eigenvalue weighted by Crippen LogP contribution is -2.52. The van der Waals surface area contributed by atoms with Gasteiger partial charge in [-0.15, -0.1) is 0 Å². The Balaban J connectivity index is 1.43. The number of amides is 2. The Kier molecular flexibility index (Phi) is 5.25. The maximum Gasteiger partial charge on any atom is 0.317 e. The Morgan fingerprint density at radius 1 is 1.08 bits per heavy atom. The van der Waals surface area contributed by atoms with Gasteiger partial charge in [-0.1, -0.05) is 24.3 Å². The van der Waals surface area contributed by atoms with E-state index in [0.717, 1.165) is 18.9 Å². The first-order valence-corrected chi connectivity index (χ1v) is 8.16. The van der Waals surface area contributed by atoms with E-state index >= 15 is 0 Å². The third-order valence-electron chi connectivity index (χ3n) is 4.17. The number of carbonyl (C=O) groups excluding carboxylic acids is 1. The highest BCUT2D eigenvalue weighted by Gasteiger charge is 2.21. The summed E-state index contributed by atoms with van der Waals surface area (Å²) in [4.78, 5) is 20.5. The smallest absolute Gasteiger partial charge is 0.317 e. The first-order chi connectivity index (χ1) is 11.7. The van der Waals surface area contributed by atoms with Crippen molar-refractivity contribution in [1.29, 1.82) is 0 Å². The minimum Gasteiger partial charge on any atom is -0.353 e. The van der Waals surface area contributed by atoms with Crippen LogP contribution in [0, 0.1) is 5.82 Å². The highest BCUT2D eigenvalue weighted by Crippen LogP contribution is 2.12. The molecule has 126 valence electrons. The van der Waals surface area contributed by atoms with Gasteiger partial charge in [0.1, 0.15) is 11.6 Å². The Morgan fingerprint density at radius 2 is 1.83 bits per heavy atom. The number of aromatic nitrogens is 1. The second kappa shape index (κ2) is 7.77. The summed E-state index contributed by atoms with van der Waals surface area (Å²) in [7, 11) is 0. The summed E-state index contributed by atoms with van der Waals surface area (Å²) < 4.78 is 13.5. The second-order valence-corrected chi connectivity index (χ2v) is 5.74. The van der Waals surface area contributed by atoms with Crippen molar-refractivity contribution in [2.45, 2.75) is 6.42 Å². The van der Waals surface area contributed by atoms with Crippen LogP contribution in [0.25, 0.3) is 0 Å². The van der Waals surface area contributed by atoms with E-state index < -0.39 is 0 Å². The van der Waals surface area contributed by atoms with Crippen molar-refractivity contribution in [3.63, 3.8) is 0 Å². The number of piperazine rings is 1. The highest BCUT2D eigenvalue weighted by atomic mass is 19.1. The van der Waals surface area contributed by atoms with E-state index in [4.69, 9.17) is 0 Å². The molecule has 5 nitrogen and oxygen atoms in total. The summed E-state index contributed by atoms with van der Waals surface area (Å²) in [5.74, 6) is 0.716. The highest BCUT2D eigenvalue weighted by molar-refractivity contribution is 5.74. The van der Waals surface area contributed by atoms with Gasteiger partial charge in [-0.05, 0) is 30.2 Å². The Labute approximate surface area is 141 Å². The van der Waals surface area contributed by atoms with Crippen molar-refractivity contribution in [2.75, 3.05) is 37.6 Å². The molecule has 6 heteroatoms. The Bertz CT molecular complexity index is 672. The van der Waals surface area contributed by atoms with Gasteiger partial charge in [0.25, 0.3) is 0 Å². The predicted molar refractivity (Wildman–Crippen MR) is 91.5 cm³/mol. The topological polar surface area (TPSA) is 48.5 Å². The zero-order valence-electron chi connectivity index (χ0n) is 13.5. The molecule has 1 aromatic carbocycles. The zero-order chi connectivity index (χ0) is 16.8. The standard InChI is InChI=1S/C18H21FN4O/c19-16-6-2-1-5-15(16)8-10-21-18(24)23-13-11-22(12-14-23)17-7-3-4-9-20-17/h1-7,9H,8,10-14H2,(H,21,24). The molecule has 2 aromatic rings. The normalized spacial score (nSPS) is 14.5. The maximum atomic E-state index is 13.5. The molecular weight excluding hydrogens is 307 g/mol. The van der Waals surface area contributed by atoms with E-state index in [1.54, 1.807) is 29.3 Å². The Morgan fingerprint density at radius 3 is 2.54 bits per heavy atom. The van der Waals surface area contributed by atoms with E-state index in [9.17, 15) is 9.18 Å². The summed E-state index contributed by atoms with van der Waals surface area (Å²) >= 11 is 0. The van der Waals surface area contributed by atoms with E-state index in [1.165, 1.54) is 6.07 Å². The molecule has 0 saturated carbocycles. The van der Waals surface area contributed by atoms with Crippen LogP contribution in [0.1, 0.15) is 5.56 Å². The third kappa shape index (κ3) is 4.01. The van der Waals surface area contributed by atoms with Crippen LogP contribution in [0.5, 0.6) is 0 Å². The number of pyridine rings is 1. The third-order valence-corrected chi connectivity index (χ3v) is 4.17. The van der Waals surface area contributed by atoms with Crippen molar-refractivity contribution >= 4 is 11.8 Å². The minimum atomic E-state index is -0.226. The van der Waals surface area contributed by atoms with Crippen LogP contribution < -0.4 is 10.2 Å². The van der Waals surface area contributed by atoms with Crippen molar-refractivity contribution in [2.24, 2.45) is 0 Å². The molecule has 2 amide bonds. The average molecular weight is 328 g/mol. The lowest BCUT2D eigenvalue weighted by molar-refractivity contribution is 0.194. The molecule has 2 heterocycles. The van der Waals surface area contributed by atoms with Crippen molar-refractivity contribution in [1.82, 2.24) is 15.2 Å². The molecule has 0 aliphatic carbocycles. The van der Waals surface area contributed by atoms with Crippen molar-refractivity contribution in [3.8, 4) is 0 Å². The lowest BCUT2D eigenvalue weighted by atomic mass is 10.1. The molecule has 1 aliphatic heterocycles. The molecule has 1 aliphatic rings. The zero-order valence-corrected chi connectivity index (χ0v) is 13.5. The number of benzene rings is 1. The van der Waals surface area contributed by atoms with Gasteiger partial charge in [0.2, 0.25) is 0 Å². The number of rotatable bonds is 4. The van der Waals surface area contributed by atoms with Gasteiger partial charge in [0.05, 0.1) is 0 Å².